The molecule has 0 amide bonds. The smallest absolute Gasteiger partial charge is 0.335 e. The number of hydrogen-bond donors (Lipinski definition) is 6. The summed E-state index contributed by atoms with van der Waals surface area (Å²) in [7, 11) is 0. The highest BCUT2D eigenvalue weighted by molar-refractivity contribution is 6.20. The lowest BCUT2D eigenvalue weighted by molar-refractivity contribution is 0.0676. The van der Waals surface area contributed by atoms with Gasteiger partial charge in [-0.15, -0.1) is 0 Å². The van der Waals surface area contributed by atoms with Gasteiger partial charge in [-0.25, -0.2) is 29.2 Å². The normalized spacial score (nSPS) is 20.5. The zero-order valence-corrected chi connectivity index (χ0v) is 24.7. The summed E-state index contributed by atoms with van der Waals surface area (Å²) in [5, 5.41) is 44.5. The maximum atomic E-state index is 12.1. The molecule has 12 nitrogen and oxygen atoms in total. The number of rotatable bonds is 6. The Morgan fingerprint density at radius 3 is 1.79 bits per heavy atom. The Kier molecular flexibility index (Phi) is 7.06. The Labute approximate surface area is 270 Å². The first-order valence-corrected chi connectivity index (χ1v) is 14.6. The minimum atomic E-state index is -1.33. The first kappa shape index (κ1) is 30.0. The van der Waals surface area contributed by atoms with Crippen LogP contribution in [0.1, 0.15) is 52.6 Å². The second-order valence-electron chi connectivity index (χ2n) is 11.4. The fraction of sp³-hybridized carbons (Fsp3) is 0.0556. The van der Waals surface area contributed by atoms with Gasteiger partial charge in [-0.05, 0) is 102 Å². The monoisotopic (exact) mass is 640 g/mol. The molecule has 1 aromatic heterocycles. The lowest BCUT2D eigenvalue weighted by atomic mass is 9.87. The van der Waals surface area contributed by atoms with Crippen molar-refractivity contribution in [2.45, 2.75) is 11.6 Å². The van der Waals surface area contributed by atoms with E-state index in [1.807, 2.05) is 24.3 Å². The molecule has 2 aromatic carbocycles. The first-order valence-electron chi connectivity index (χ1n) is 14.6. The van der Waals surface area contributed by atoms with E-state index >= 15 is 0 Å². The number of carbonyl (C=O) groups is 4. The van der Waals surface area contributed by atoms with Gasteiger partial charge in [-0.1, -0.05) is 12.2 Å². The molecular formula is C36H24N4O8. The number of aliphatic imine (C=N–C) groups is 2. The number of nitrogens with one attached hydrogen (secondary N) is 2. The first-order chi connectivity index (χ1) is 23.0. The Morgan fingerprint density at radius 1 is 0.667 bits per heavy atom. The van der Waals surface area contributed by atoms with E-state index in [1.54, 1.807) is 42.5 Å². The third kappa shape index (κ3) is 5.52. The van der Waals surface area contributed by atoms with Crippen molar-refractivity contribution in [1.82, 2.24) is 10.3 Å². The number of hydrogen-bond acceptors (Lipinski definition) is 7. The molecular weight excluding hydrogens is 616 g/mol. The molecule has 4 aliphatic rings. The van der Waals surface area contributed by atoms with Gasteiger partial charge in [0.2, 0.25) is 0 Å². The Hall–Kier alpha value is -6.66. The Bertz CT molecular complexity index is 2290. The number of carboxylic acids is 4. The van der Waals surface area contributed by atoms with Crippen molar-refractivity contribution in [3.05, 3.63) is 147 Å². The number of fused-ring (bicyclic) bond motifs is 6. The number of aromatic amines is 1. The van der Waals surface area contributed by atoms with Crippen LogP contribution in [0.2, 0.25) is 0 Å². The van der Waals surface area contributed by atoms with Crippen LogP contribution >= 0.6 is 0 Å². The molecule has 4 aliphatic heterocycles. The minimum Gasteiger partial charge on any atom is -0.478 e. The molecule has 7 rings (SSSR count). The van der Waals surface area contributed by atoms with Crippen LogP contribution in [0.4, 0.5) is 0 Å². The predicted octanol–water partition coefficient (Wildman–Crippen LogP) is 3.12. The number of benzene rings is 2. The van der Waals surface area contributed by atoms with Gasteiger partial charge in [-0.2, -0.15) is 0 Å². The van der Waals surface area contributed by atoms with Crippen molar-refractivity contribution in [2.75, 3.05) is 0 Å². The number of carboxylic acid groups (broad SMARTS) is 4. The Morgan fingerprint density at radius 2 is 1.21 bits per heavy atom. The van der Waals surface area contributed by atoms with E-state index in [2.05, 4.69) is 10.3 Å². The van der Waals surface area contributed by atoms with Crippen molar-refractivity contribution < 1.29 is 39.6 Å². The molecule has 0 fully saturated rings. The molecule has 2 unspecified atom stereocenters. The summed E-state index contributed by atoms with van der Waals surface area (Å²) in [5.74, 6) is -5.28. The maximum absolute atomic E-state index is 12.1. The summed E-state index contributed by atoms with van der Waals surface area (Å²) >= 11 is 0. The van der Waals surface area contributed by atoms with E-state index < -0.39 is 35.5 Å². The standard InChI is InChI=1S/C36H24N4O8/c41-32(42)19-9-18(10-20(11-19)33(43)44)31-29-6-5-27(39-29)16-25-2-1-24(37-25)15-26-3-4-28(38-26)17-36(8-7-30(31)40-36)23-13-21(34(45)46)12-22(14-23)35(47)48/h1-17,30,37,40H,(H,41,42)(H,43,44)(H,45,46)(H,47,48). The summed E-state index contributed by atoms with van der Waals surface area (Å²) in [5.41, 5.74) is 0.813. The van der Waals surface area contributed by atoms with Gasteiger partial charge in [0.25, 0.3) is 0 Å². The topological polar surface area (TPSA) is 202 Å². The summed E-state index contributed by atoms with van der Waals surface area (Å²) in [6.07, 6.45) is 16.0. The molecule has 3 aromatic rings. The number of aromatic nitrogens is 1. The second kappa shape index (κ2) is 11.3. The molecule has 48 heavy (non-hydrogen) atoms. The van der Waals surface area contributed by atoms with Crippen molar-refractivity contribution in [2.24, 2.45) is 9.98 Å². The lowest BCUT2D eigenvalue weighted by Gasteiger charge is -2.30. The van der Waals surface area contributed by atoms with Crippen molar-refractivity contribution in [1.29, 1.82) is 0 Å². The fourth-order valence-corrected chi connectivity index (χ4v) is 6.07. The van der Waals surface area contributed by atoms with Crippen LogP contribution in [0.3, 0.4) is 0 Å². The molecule has 8 bridgehead atoms. The van der Waals surface area contributed by atoms with Crippen LogP contribution in [0.25, 0.3) is 17.7 Å². The highest BCUT2D eigenvalue weighted by atomic mass is 16.4. The van der Waals surface area contributed by atoms with E-state index in [0.717, 1.165) is 22.8 Å². The molecule has 0 saturated carbocycles. The Balaban J connectivity index is 1.51. The van der Waals surface area contributed by atoms with Gasteiger partial charge in [-0.3, -0.25) is 5.32 Å². The average Bonchev–Trinajstić information content (AvgIpc) is 3.87. The van der Waals surface area contributed by atoms with Gasteiger partial charge in [0.15, 0.2) is 0 Å². The third-order valence-corrected chi connectivity index (χ3v) is 8.23. The molecule has 2 atom stereocenters. The number of aromatic carboxylic acids is 4. The lowest BCUT2D eigenvalue weighted by Crippen LogP contribution is -2.41. The average molecular weight is 641 g/mol. The van der Waals surface area contributed by atoms with Crippen LogP contribution in [0, 0.1) is 0 Å². The number of H-pyrrole nitrogens is 1. The zero-order chi connectivity index (χ0) is 33.7. The van der Waals surface area contributed by atoms with Gasteiger partial charge >= 0.3 is 23.9 Å². The summed E-state index contributed by atoms with van der Waals surface area (Å²) in [4.78, 5) is 61.3. The summed E-state index contributed by atoms with van der Waals surface area (Å²) < 4.78 is 0. The third-order valence-electron chi connectivity index (χ3n) is 8.23. The van der Waals surface area contributed by atoms with Crippen molar-refractivity contribution in [3.8, 4) is 0 Å². The molecule has 0 aliphatic carbocycles. The highest BCUT2D eigenvalue weighted by Gasteiger charge is 2.38. The van der Waals surface area contributed by atoms with E-state index in [9.17, 15) is 39.6 Å². The van der Waals surface area contributed by atoms with Gasteiger partial charge in [0.05, 0.1) is 56.7 Å². The predicted molar refractivity (Wildman–Crippen MR) is 176 cm³/mol. The molecule has 6 N–H and O–H groups in total. The van der Waals surface area contributed by atoms with E-state index in [-0.39, 0.29) is 33.4 Å². The van der Waals surface area contributed by atoms with Crippen molar-refractivity contribution in [3.63, 3.8) is 0 Å². The van der Waals surface area contributed by atoms with E-state index in [4.69, 9.17) is 9.98 Å². The fourth-order valence-electron chi connectivity index (χ4n) is 6.07. The molecule has 12 heteroatoms. The number of allylic oxidation sites excluding steroid dienone is 4. The highest BCUT2D eigenvalue weighted by Crippen LogP contribution is 2.39. The second-order valence-corrected chi connectivity index (χ2v) is 11.4. The quantitative estimate of drug-likeness (QED) is 0.219. The largest absolute Gasteiger partial charge is 0.478 e. The van der Waals surface area contributed by atoms with Gasteiger partial charge in [0, 0.05) is 16.3 Å². The van der Waals surface area contributed by atoms with Crippen LogP contribution in [0.5, 0.6) is 0 Å². The summed E-state index contributed by atoms with van der Waals surface area (Å²) in [6, 6.07) is 10.6. The van der Waals surface area contributed by atoms with Crippen LogP contribution < -0.4 is 16.0 Å². The molecule has 0 radical (unpaired) electrons. The van der Waals surface area contributed by atoms with Crippen LogP contribution in [0.15, 0.2) is 112 Å². The van der Waals surface area contributed by atoms with Gasteiger partial charge < -0.3 is 25.4 Å². The SMILES string of the molecule is O=C(O)c1cc(C(=O)O)cc(C2=C3C=CC(=N3)C=c3ccc([nH]3)=CC3=NC(=CC4(c5cc(C(=O)O)cc(C(=O)O)c5)C=CC2N4)C=C3)c1. The number of nitrogens with zero attached hydrogens (tertiary/aromatic N) is 2. The summed E-state index contributed by atoms with van der Waals surface area (Å²) in [6.45, 7) is 0. The van der Waals surface area contributed by atoms with E-state index in [1.165, 1.54) is 24.3 Å². The molecule has 236 valence electrons. The minimum absolute atomic E-state index is 0.243. The van der Waals surface area contributed by atoms with Gasteiger partial charge in [0.1, 0.15) is 0 Å². The molecule has 0 saturated heterocycles. The van der Waals surface area contributed by atoms with E-state index in [0.29, 0.717) is 28.4 Å². The molecule has 5 heterocycles. The van der Waals surface area contributed by atoms with Crippen LogP contribution in [-0.2, 0) is 5.54 Å². The maximum Gasteiger partial charge on any atom is 0.335 e. The van der Waals surface area contributed by atoms with Crippen LogP contribution in [-0.4, -0.2) is 66.8 Å². The van der Waals surface area contributed by atoms with Crippen molar-refractivity contribution >= 4 is 53.0 Å². The zero-order valence-electron chi connectivity index (χ0n) is 24.7. The molecule has 0 spiro atoms.